The van der Waals surface area contributed by atoms with Crippen LogP contribution in [-0.4, -0.2) is 5.97 Å². The highest BCUT2D eigenvalue weighted by Gasteiger charge is 2.34. The third-order valence-corrected chi connectivity index (χ3v) is 7.15. The van der Waals surface area contributed by atoms with Gasteiger partial charge < -0.3 is 4.74 Å². The first-order valence-corrected chi connectivity index (χ1v) is 11.2. The van der Waals surface area contributed by atoms with E-state index in [9.17, 15) is 18.0 Å². The first-order chi connectivity index (χ1) is 13.9. The van der Waals surface area contributed by atoms with Crippen LogP contribution >= 0.6 is 0 Å². The summed E-state index contributed by atoms with van der Waals surface area (Å²) in [6.07, 6.45) is 8.43. The standard InChI is InChI=1S/C24H33F3O2/c1-3-4-16-6-8-17(9-7-16)18-10-12-19(13-11-18)24(28)29-20-14-5-15(2)21(22(20)25)23(26)27/h5,14,16-19,23H,3-4,6-13H2,1-2H3. The van der Waals surface area contributed by atoms with E-state index in [0.717, 1.165) is 37.5 Å². The lowest BCUT2D eigenvalue weighted by atomic mass is 9.69. The zero-order valence-corrected chi connectivity index (χ0v) is 17.6. The van der Waals surface area contributed by atoms with Gasteiger partial charge in [0.15, 0.2) is 11.6 Å². The van der Waals surface area contributed by atoms with Gasteiger partial charge in [0.25, 0.3) is 6.43 Å². The van der Waals surface area contributed by atoms with Gasteiger partial charge in [-0.15, -0.1) is 0 Å². The van der Waals surface area contributed by atoms with Gasteiger partial charge in [-0.05, 0) is 74.8 Å². The van der Waals surface area contributed by atoms with E-state index < -0.39 is 23.8 Å². The molecule has 2 fully saturated rings. The summed E-state index contributed by atoms with van der Waals surface area (Å²) < 4.78 is 45.7. The normalized spacial score (nSPS) is 27.8. The van der Waals surface area contributed by atoms with E-state index in [-0.39, 0.29) is 17.2 Å². The van der Waals surface area contributed by atoms with Gasteiger partial charge in [0.2, 0.25) is 0 Å². The van der Waals surface area contributed by atoms with Crippen LogP contribution in [0.4, 0.5) is 13.2 Å². The Labute approximate surface area is 172 Å². The van der Waals surface area contributed by atoms with Gasteiger partial charge in [0, 0.05) is 0 Å². The highest BCUT2D eigenvalue weighted by molar-refractivity contribution is 5.75. The predicted octanol–water partition coefficient (Wildman–Crippen LogP) is 7.39. The maximum absolute atomic E-state index is 14.3. The summed E-state index contributed by atoms with van der Waals surface area (Å²) >= 11 is 0. The molecule has 2 aliphatic rings. The summed E-state index contributed by atoms with van der Waals surface area (Å²) in [6.45, 7) is 3.68. The molecule has 0 aromatic heterocycles. The van der Waals surface area contributed by atoms with Gasteiger partial charge in [0.1, 0.15) is 0 Å². The Morgan fingerprint density at radius 1 is 1.03 bits per heavy atom. The van der Waals surface area contributed by atoms with Crippen molar-refractivity contribution in [2.45, 2.75) is 84.5 Å². The Morgan fingerprint density at radius 3 is 2.17 bits per heavy atom. The molecule has 1 aromatic rings. The fourth-order valence-corrected chi connectivity index (χ4v) is 5.39. The third kappa shape index (κ3) is 5.35. The SMILES string of the molecule is CCCC1CCC(C2CCC(C(=O)Oc3ccc(C)c(C(F)F)c3F)CC2)CC1. The molecule has 29 heavy (non-hydrogen) atoms. The molecule has 3 rings (SSSR count). The highest BCUT2D eigenvalue weighted by atomic mass is 19.3. The highest BCUT2D eigenvalue weighted by Crippen LogP contribution is 2.42. The second-order valence-electron chi connectivity index (χ2n) is 9.01. The molecule has 5 heteroatoms. The third-order valence-electron chi connectivity index (χ3n) is 7.15. The Balaban J connectivity index is 1.52. The van der Waals surface area contributed by atoms with Crippen LogP contribution < -0.4 is 4.74 Å². The molecule has 0 bridgehead atoms. The minimum absolute atomic E-state index is 0.159. The van der Waals surface area contributed by atoms with E-state index >= 15 is 0 Å². The second-order valence-corrected chi connectivity index (χ2v) is 9.01. The smallest absolute Gasteiger partial charge is 0.314 e. The average molecular weight is 411 g/mol. The number of benzene rings is 1. The number of alkyl halides is 2. The van der Waals surface area contributed by atoms with E-state index in [4.69, 9.17) is 4.74 Å². The number of aryl methyl sites for hydroxylation is 1. The number of hydrogen-bond acceptors (Lipinski definition) is 2. The van der Waals surface area contributed by atoms with Crippen molar-refractivity contribution < 1.29 is 22.7 Å². The molecule has 162 valence electrons. The van der Waals surface area contributed by atoms with Crippen molar-refractivity contribution in [1.82, 2.24) is 0 Å². The molecule has 2 aliphatic carbocycles. The van der Waals surface area contributed by atoms with Gasteiger partial charge in [-0.3, -0.25) is 4.79 Å². The number of ether oxygens (including phenoxy) is 1. The van der Waals surface area contributed by atoms with Crippen LogP contribution in [0, 0.1) is 36.4 Å². The van der Waals surface area contributed by atoms with Crippen molar-refractivity contribution in [2.75, 3.05) is 0 Å². The summed E-state index contributed by atoms with van der Waals surface area (Å²) in [4.78, 5) is 12.5. The summed E-state index contributed by atoms with van der Waals surface area (Å²) in [5.74, 6) is 0.0751. The van der Waals surface area contributed by atoms with E-state index in [1.165, 1.54) is 57.6 Å². The predicted molar refractivity (Wildman–Crippen MR) is 108 cm³/mol. The number of carbonyl (C=O) groups is 1. The first kappa shape index (κ1) is 22.2. The Hall–Kier alpha value is -1.52. The lowest BCUT2D eigenvalue weighted by Crippen LogP contribution is -2.30. The summed E-state index contributed by atoms with van der Waals surface area (Å²) in [7, 11) is 0. The minimum Gasteiger partial charge on any atom is -0.423 e. The number of esters is 1. The molecule has 0 heterocycles. The fourth-order valence-electron chi connectivity index (χ4n) is 5.39. The number of rotatable bonds is 6. The molecule has 0 radical (unpaired) electrons. The van der Waals surface area contributed by atoms with Crippen LogP contribution in [0.3, 0.4) is 0 Å². The first-order valence-electron chi connectivity index (χ1n) is 11.2. The molecule has 0 aliphatic heterocycles. The van der Waals surface area contributed by atoms with Crippen LogP contribution in [0.15, 0.2) is 12.1 Å². The van der Waals surface area contributed by atoms with Crippen molar-refractivity contribution in [3.8, 4) is 5.75 Å². The topological polar surface area (TPSA) is 26.3 Å². The zero-order valence-electron chi connectivity index (χ0n) is 17.6. The van der Waals surface area contributed by atoms with E-state index in [0.29, 0.717) is 5.92 Å². The monoisotopic (exact) mass is 410 g/mol. The Morgan fingerprint density at radius 2 is 1.62 bits per heavy atom. The molecule has 1 aromatic carbocycles. The molecule has 2 saturated carbocycles. The average Bonchev–Trinajstić information content (AvgIpc) is 2.71. The number of carbonyl (C=O) groups excluding carboxylic acids is 1. The van der Waals surface area contributed by atoms with Gasteiger partial charge in [0.05, 0.1) is 11.5 Å². The number of hydrogen-bond donors (Lipinski definition) is 0. The van der Waals surface area contributed by atoms with E-state index in [2.05, 4.69) is 6.92 Å². The maximum atomic E-state index is 14.3. The van der Waals surface area contributed by atoms with Gasteiger partial charge in [-0.25, -0.2) is 13.2 Å². The fraction of sp³-hybridized carbons (Fsp3) is 0.708. The quantitative estimate of drug-likeness (QED) is 0.361. The van der Waals surface area contributed by atoms with Crippen molar-refractivity contribution in [2.24, 2.45) is 23.7 Å². The molecule has 0 spiro atoms. The zero-order chi connectivity index (χ0) is 21.0. The molecule has 0 atom stereocenters. The molecular formula is C24H33F3O2. The van der Waals surface area contributed by atoms with Crippen LogP contribution in [0.1, 0.15) is 88.7 Å². The lowest BCUT2D eigenvalue weighted by molar-refractivity contribution is -0.140. The van der Waals surface area contributed by atoms with Crippen molar-refractivity contribution in [3.05, 3.63) is 29.1 Å². The molecule has 0 unspecified atom stereocenters. The summed E-state index contributed by atoms with van der Waals surface area (Å²) in [5.41, 5.74) is -0.524. The molecule has 2 nitrogen and oxygen atoms in total. The van der Waals surface area contributed by atoms with Crippen LogP contribution in [0.2, 0.25) is 0 Å². The van der Waals surface area contributed by atoms with E-state index in [1.807, 2.05) is 0 Å². The Kier molecular flexibility index (Phi) is 7.64. The molecule has 0 amide bonds. The van der Waals surface area contributed by atoms with Gasteiger partial charge in [-0.2, -0.15) is 0 Å². The summed E-state index contributed by atoms with van der Waals surface area (Å²) in [5, 5.41) is 0. The van der Waals surface area contributed by atoms with Crippen LogP contribution in [0.5, 0.6) is 5.75 Å². The lowest BCUT2D eigenvalue weighted by Gasteiger charge is -2.37. The van der Waals surface area contributed by atoms with Crippen molar-refractivity contribution in [1.29, 1.82) is 0 Å². The second kappa shape index (κ2) is 9.99. The maximum Gasteiger partial charge on any atom is 0.314 e. The van der Waals surface area contributed by atoms with Crippen LogP contribution in [-0.2, 0) is 4.79 Å². The molecule has 0 saturated heterocycles. The summed E-state index contributed by atoms with van der Waals surface area (Å²) in [6, 6.07) is 2.65. The van der Waals surface area contributed by atoms with Gasteiger partial charge in [-0.1, -0.05) is 38.7 Å². The Bertz CT molecular complexity index is 688. The van der Waals surface area contributed by atoms with Gasteiger partial charge >= 0.3 is 5.97 Å². The molecule has 0 N–H and O–H groups in total. The van der Waals surface area contributed by atoms with Crippen molar-refractivity contribution in [3.63, 3.8) is 0 Å². The van der Waals surface area contributed by atoms with Crippen molar-refractivity contribution >= 4 is 5.97 Å². The van der Waals surface area contributed by atoms with E-state index in [1.54, 1.807) is 0 Å². The van der Waals surface area contributed by atoms with Crippen LogP contribution in [0.25, 0.3) is 0 Å². The largest absolute Gasteiger partial charge is 0.423 e. The number of halogens is 3. The molecular weight excluding hydrogens is 377 g/mol. The minimum atomic E-state index is -2.93.